The van der Waals surface area contributed by atoms with Crippen LogP contribution in [0, 0.1) is 11.3 Å². The van der Waals surface area contributed by atoms with Crippen molar-refractivity contribution in [2.45, 2.75) is 37.1 Å². The second-order valence-electron chi connectivity index (χ2n) is 7.77. The number of ether oxygens (including phenoxy) is 1. The van der Waals surface area contributed by atoms with Gasteiger partial charge in [0.15, 0.2) is 0 Å². The number of hydrogen-bond acceptors (Lipinski definition) is 7. The first-order chi connectivity index (χ1) is 16.3. The first-order valence-corrected chi connectivity index (χ1v) is 12.5. The molecule has 180 valence electrons. The number of nitrogens with one attached hydrogen (secondary N) is 3. The SMILES string of the molecule is CCOC(=O)CN=C1CCCC(NS(=O)(=O)c2cccc(NC(=O)c3ccccc3)c2)C1C=N. The van der Waals surface area contributed by atoms with E-state index in [0.29, 0.717) is 36.2 Å². The molecule has 2 aromatic carbocycles. The van der Waals surface area contributed by atoms with Crippen molar-refractivity contribution in [1.82, 2.24) is 4.72 Å². The minimum Gasteiger partial charge on any atom is -0.465 e. The van der Waals surface area contributed by atoms with Crippen molar-refractivity contribution in [3.05, 3.63) is 60.2 Å². The van der Waals surface area contributed by atoms with Gasteiger partial charge >= 0.3 is 5.97 Å². The Morgan fingerprint density at radius 3 is 2.65 bits per heavy atom. The number of carbonyl (C=O) groups is 2. The van der Waals surface area contributed by atoms with Crippen molar-refractivity contribution in [3.8, 4) is 0 Å². The molecule has 9 nitrogen and oxygen atoms in total. The van der Waals surface area contributed by atoms with Crippen molar-refractivity contribution in [3.63, 3.8) is 0 Å². The molecule has 1 amide bonds. The van der Waals surface area contributed by atoms with Crippen LogP contribution in [-0.4, -0.2) is 51.4 Å². The molecule has 0 spiro atoms. The Kier molecular flexibility index (Phi) is 8.67. The topological polar surface area (TPSA) is 138 Å². The molecule has 0 aromatic heterocycles. The van der Waals surface area contributed by atoms with Gasteiger partial charge in [0.05, 0.1) is 11.5 Å². The lowest BCUT2D eigenvalue weighted by Crippen LogP contribution is -2.46. The van der Waals surface area contributed by atoms with E-state index in [0.717, 1.165) is 6.21 Å². The largest absolute Gasteiger partial charge is 0.465 e. The standard InChI is InChI=1S/C24H28N4O5S/c1-2-33-23(29)16-26-21-12-7-13-22(20(21)15-25)28-34(31,32)19-11-6-10-18(14-19)27-24(30)17-8-4-3-5-9-17/h3-6,8-11,14-15,20,22,25,28H,2,7,12-13,16H2,1H3,(H,27,30). The Hall–Kier alpha value is -3.37. The highest BCUT2D eigenvalue weighted by atomic mass is 32.2. The number of nitrogens with zero attached hydrogens (tertiary/aromatic N) is 1. The second-order valence-corrected chi connectivity index (χ2v) is 9.49. The average molecular weight is 485 g/mol. The van der Waals surface area contributed by atoms with Gasteiger partial charge in [-0.1, -0.05) is 24.3 Å². The van der Waals surface area contributed by atoms with Gasteiger partial charge in [0.25, 0.3) is 5.91 Å². The lowest BCUT2D eigenvalue weighted by Gasteiger charge is -2.30. The molecule has 2 atom stereocenters. The van der Waals surface area contributed by atoms with Crippen LogP contribution in [0.5, 0.6) is 0 Å². The lowest BCUT2D eigenvalue weighted by molar-refractivity contribution is -0.141. The molecule has 0 heterocycles. The Balaban J connectivity index is 1.74. The molecule has 3 rings (SSSR count). The third kappa shape index (κ3) is 6.58. The summed E-state index contributed by atoms with van der Waals surface area (Å²) in [5, 5.41) is 10.5. The monoisotopic (exact) mass is 484 g/mol. The van der Waals surface area contributed by atoms with Crippen molar-refractivity contribution >= 4 is 39.5 Å². The zero-order chi connectivity index (χ0) is 24.6. The fourth-order valence-electron chi connectivity index (χ4n) is 3.78. The number of esters is 1. The Morgan fingerprint density at radius 1 is 1.18 bits per heavy atom. The zero-order valence-electron chi connectivity index (χ0n) is 18.9. The van der Waals surface area contributed by atoms with Crippen LogP contribution in [0.25, 0.3) is 0 Å². The van der Waals surface area contributed by atoms with Crippen LogP contribution in [0.15, 0.2) is 64.5 Å². The predicted octanol–water partition coefficient (Wildman–Crippen LogP) is 3.04. The van der Waals surface area contributed by atoms with E-state index in [4.69, 9.17) is 10.1 Å². The minimum atomic E-state index is -3.94. The van der Waals surface area contributed by atoms with Crippen LogP contribution in [-0.2, 0) is 19.6 Å². The predicted molar refractivity (Wildman–Crippen MR) is 130 cm³/mol. The summed E-state index contributed by atoms with van der Waals surface area (Å²) >= 11 is 0. The highest BCUT2D eigenvalue weighted by Crippen LogP contribution is 2.24. The number of hydrogen-bond donors (Lipinski definition) is 3. The number of benzene rings is 2. The first kappa shape index (κ1) is 25.3. The molecule has 1 aliphatic rings. The van der Waals surface area contributed by atoms with E-state index < -0.39 is 28.0 Å². The summed E-state index contributed by atoms with van der Waals surface area (Å²) in [7, 11) is -3.94. The van der Waals surface area contributed by atoms with Gasteiger partial charge in [0.1, 0.15) is 6.54 Å². The maximum absolute atomic E-state index is 13.1. The summed E-state index contributed by atoms with van der Waals surface area (Å²) in [5.74, 6) is -1.36. The molecular weight excluding hydrogens is 456 g/mol. The van der Waals surface area contributed by atoms with Gasteiger partial charge in [-0.15, -0.1) is 0 Å². The fourth-order valence-corrected chi connectivity index (χ4v) is 5.12. The smallest absolute Gasteiger partial charge is 0.327 e. The number of anilines is 1. The highest BCUT2D eigenvalue weighted by molar-refractivity contribution is 7.89. The van der Waals surface area contributed by atoms with Crippen molar-refractivity contribution in [2.75, 3.05) is 18.5 Å². The van der Waals surface area contributed by atoms with Crippen LogP contribution in [0.4, 0.5) is 5.69 Å². The molecule has 0 saturated heterocycles. The number of rotatable bonds is 9. The molecule has 2 aromatic rings. The summed E-state index contributed by atoms with van der Waals surface area (Å²) in [6.45, 7) is 1.81. The number of aliphatic imine (C=N–C) groups is 1. The molecule has 3 N–H and O–H groups in total. The Bertz CT molecular complexity index is 1160. The molecule has 1 saturated carbocycles. The molecule has 0 radical (unpaired) electrons. The molecule has 1 aliphatic carbocycles. The molecule has 1 fully saturated rings. The maximum atomic E-state index is 13.1. The van der Waals surface area contributed by atoms with Crippen LogP contribution in [0.1, 0.15) is 36.5 Å². The normalized spacial score (nSPS) is 19.4. The van der Waals surface area contributed by atoms with Gasteiger partial charge in [-0.3, -0.25) is 14.6 Å². The summed E-state index contributed by atoms with van der Waals surface area (Å²) in [5.41, 5.74) is 1.41. The molecule has 2 unspecified atom stereocenters. The molecule has 0 bridgehead atoms. The van der Waals surface area contributed by atoms with Crippen molar-refractivity contribution < 1.29 is 22.7 Å². The second kappa shape index (κ2) is 11.7. The van der Waals surface area contributed by atoms with E-state index >= 15 is 0 Å². The van der Waals surface area contributed by atoms with E-state index in [1.165, 1.54) is 12.1 Å². The molecule has 10 heteroatoms. The Labute approximate surface area is 199 Å². The van der Waals surface area contributed by atoms with Crippen molar-refractivity contribution in [2.24, 2.45) is 10.9 Å². The zero-order valence-corrected chi connectivity index (χ0v) is 19.7. The summed E-state index contributed by atoms with van der Waals surface area (Å²) in [4.78, 5) is 28.3. The molecule has 34 heavy (non-hydrogen) atoms. The van der Waals surface area contributed by atoms with Crippen LogP contribution >= 0.6 is 0 Å². The number of sulfonamides is 1. The molecule has 0 aliphatic heterocycles. The van der Waals surface area contributed by atoms with E-state index in [2.05, 4.69) is 15.0 Å². The minimum absolute atomic E-state index is 0.00215. The van der Waals surface area contributed by atoms with Crippen LogP contribution in [0.2, 0.25) is 0 Å². The van der Waals surface area contributed by atoms with E-state index in [-0.39, 0.29) is 24.0 Å². The number of carbonyl (C=O) groups excluding carboxylic acids is 2. The average Bonchev–Trinajstić information content (AvgIpc) is 2.83. The van der Waals surface area contributed by atoms with Gasteiger partial charge in [-0.2, -0.15) is 0 Å². The van der Waals surface area contributed by atoms with E-state index in [1.54, 1.807) is 49.4 Å². The van der Waals surface area contributed by atoms with Gasteiger partial charge < -0.3 is 15.5 Å². The van der Waals surface area contributed by atoms with Crippen LogP contribution < -0.4 is 10.0 Å². The number of amides is 1. The quantitative estimate of drug-likeness (QED) is 0.371. The van der Waals surface area contributed by atoms with Gasteiger partial charge in [-0.05, 0) is 56.5 Å². The lowest BCUT2D eigenvalue weighted by atomic mass is 9.84. The third-order valence-corrected chi connectivity index (χ3v) is 6.89. The van der Waals surface area contributed by atoms with Crippen molar-refractivity contribution in [1.29, 1.82) is 5.41 Å². The first-order valence-electron chi connectivity index (χ1n) is 11.0. The fraction of sp³-hybridized carbons (Fsp3) is 0.333. The molecular formula is C24H28N4O5S. The third-order valence-electron chi connectivity index (χ3n) is 5.41. The summed E-state index contributed by atoms with van der Waals surface area (Å²) in [6.07, 6.45) is 2.94. The summed E-state index contributed by atoms with van der Waals surface area (Å²) in [6, 6.07) is 14.0. The van der Waals surface area contributed by atoms with Gasteiger partial charge in [-0.25, -0.2) is 13.1 Å². The Morgan fingerprint density at radius 2 is 1.94 bits per heavy atom. The maximum Gasteiger partial charge on any atom is 0.327 e. The van der Waals surface area contributed by atoms with Gasteiger partial charge in [0.2, 0.25) is 10.0 Å². The van der Waals surface area contributed by atoms with Crippen LogP contribution in [0.3, 0.4) is 0 Å². The van der Waals surface area contributed by atoms with E-state index in [1.807, 2.05) is 0 Å². The van der Waals surface area contributed by atoms with E-state index in [9.17, 15) is 18.0 Å². The van der Waals surface area contributed by atoms with Gasteiger partial charge in [0, 0.05) is 35.1 Å². The highest BCUT2D eigenvalue weighted by Gasteiger charge is 2.32. The summed E-state index contributed by atoms with van der Waals surface area (Å²) < 4.78 is 33.8.